The van der Waals surface area contributed by atoms with Gasteiger partial charge in [0.05, 0.1) is 5.57 Å². The maximum absolute atomic E-state index is 12.1. The maximum atomic E-state index is 12.1. The van der Waals surface area contributed by atoms with Gasteiger partial charge in [0.1, 0.15) is 24.7 Å². The van der Waals surface area contributed by atoms with E-state index in [0.717, 1.165) is 11.1 Å². The first-order chi connectivity index (χ1) is 13.5. The Bertz CT molecular complexity index is 1060. The Balaban J connectivity index is 1.58. The number of amides is 1. The Hall–Kier alpha value is -3.32. The number of hydrogen-bond acceptors (Lipinski definition) is 5. The first-order valence-corrected chi connectivity index (χ1v) is 9.05. The third-order valence-electron chi connectivity index (χ3n) is 4.55. The van der Waals surface area contributed by atoms with Crippen molar-refractivity contribution in [1.82, 2.24) is 14.8 Å². The van der Waals surface area contributed by atoms with E-state index in [9.17, 15) is 4.79 Å². The number of rotatable bonds is 5. The fraction of sp³-hybridized carbons (Fsp3) is 0.150. The summed E-state index contributed by atoms with van der Waals surface area (Å²) in [6.45, 7) is 2.21. The minimum absolute atomic E-state index is 0.409. The van der Waals surface area contributed by atoms with Crippen molar-refractivity contribution in [1.29, 1.82) is 0 Å². The van der Waals surface area contributed by atoms with Crippen molar-refractivity contribution in [3.05, 3.63) is 82.3 Å². The summed E-state index contributed by atoms with van der Waals surface area (Å²) in [6.07, 6.45) is 1.44. The van der Waals surface area contributed by atoms with E-state index in [2.05, 4.69) is 15.4 Å². The summed E-state index contributed by atoms with van der Waals surface area (Å²) >= 11 is 6.00. The highest BCUT2D eigenvalue weighted by atomic mass is 35.5. The van der Waals surface area contributed by atoms with Crippen molar-refractivity contribution in [3.8, 4) is 5.75 Å². The zero-order valence-electron chi connectivity index (χ0n) is 15.1. The zero-order valence-corrected chi connectivity index (χ0v) is 15.8. The quantitative estimate of drug-likeness (QED) is 0.691. The van der Waals surface area contributed by atoms with E-state index in [4.69, 9.17) is 22.1 Å². The van der Waals surface area contributed by atoms with Gasteiger partial charge in [0.2, 0.25) is 11.9 Å². The lowest BCUT2D eigenvalue weighted by molar-refractivity contribution is -0.115. The van der Waals surface area contributed by atoms with E-state index in [1.165, 1.54) is 6.33 Å². The zero-order chi connectivity index (χ0) is 19.7. The Morgan fingerprint density at radius 2 is 2.07 bits per heavy atom. The molecule has 2 aromatic carbocycles. The molecule has 1 aliphatic heterocycles. The topological polar surface area (TPSA) is 95.1 Å². The molecule has 1 aromatic heterocycles. The molecule has 1 amide bonds. The summed E-state index contributed by atoms with van der Waals surface area (Å²) in [5.41, 5.74) is 8.59. The third-order valence-corrected chi connectivity index (χ3v) is 4.79. The van der Waals surface area contributed by atoms with Crippen LogP contribution in [0.2, 0.25) is 5.02 Å². The number of ether oxygens (including phenoxy) is 1. The lowest BCUT2D eigenvalue weighted by Gasteiger charge is -2.27. The van der Waals surface area contributed by atoms with Gasteiger partial charge in [-0.3, -0.25) is 4.79 Å². The van der Waals surface area contributed by atoms with Crippen molar-refractivity contribution in [2.45, 2.75) is 19.6 Å². The molecule has 3 N–H and O–H groups in total. The second-order valence-corrected chi connectivity index (χ2v) is 6.88. The van der Waals surface area contributed by atoms with Crippen LogP contribution in [-0.4, -0.2) is 20.7 Å². The average molecular weight is 396 g/mol. The minimum atomic E-state index is -0.502. The lowest BCUT2D eigenvalue weighted by atomic mass is 9.95. The van der Waals surface area contributed by atoms with Crippen LogP contribution < -0.4 is 15.8 Å². The van der Waals surface area contributed by atoms with E-state index in [-0.39, 0.29) is 0 Å². The van der Waals surface area contributed by atoms with Gasteiger partial charge < -0.3 is 15.8 Å². The number of nitrogens with two attached hydrogens (primary N) is 1. The molecular weight excluding hydrogens is 378 g/mol. The summed E-state index contributed by atoms with van der Waals surface area (Å²) in [7, 11) is 0. The molecule has 0 bridgehead atoms. The normalized spacial score (nSPS) is 15.7. The van der Waals surface area contributed by atoms with Crippen molar-refractivity contribution in [2.24, 2.45) is 5.73 Å². The molecule has 0 aliphatic carbocycles. The number of carbonyl (C=O) groups excluding carboxylic acids is 1. The highest BCUT2D eigenvalue weighted by Gasteiger charge is 2.32. The Labute approximate surface area is 166 Å². The summed E-state index contributed by atoms with van der Waals surface area (Å²) in [5, 5.41) is 7.98. The number of carbonyl (C=O) groups is 1. The van der Waals surface area contributed by atoms with Crippen LogP contribution in [0, 0.1) is 0 Å². The van der Waals surface area contributed by atoms with Gasteiger partial charge in [-0.05, 0) is 42.3 Å². The second-order valence-electron chi connectivity index (χ2n) is 6.45. The van der Waals surface area contributed by atoms with Gasteiger partial charge in [0.15, 0.2) is 0 Å². The van der Waals surface area contributed by atoms with E-state index in [0.29, 0.717) is 34.6 Å². The molecule has 4 rings (SSSR count). The standard InChI is InChI=1S/C20H18ClN5O2/c1-12-17(19(22)27)18(26-20(25-12)23-11-24-26)14-5-7-16(8-6-14)28-10-13-3-2-4-15(21)9-13/h2-9,11,18H,10H2,1H3,(H2,22,27)(H,23,24,25). The van der Waals surface area contributed by atoms with Gasteiger partial charge in [0.25, 0.3) is 0 Å². The van der Waals surface area contributed by atoms with Crippen LogP contribution >= 0.6 is 11.6 Å². The molecule has 0 saturated carbocycles. The third kappa shape index (κ3) is 3.44. The molecule has 0 radical (unpaired) electrons. The number of nitrogens with one attached hydrogen (secondary N) is 1. The molecule has 0 spiro atoms. The number of hydrogen-bond donors (Lipinski definition) is 2. The number of halogens is 1. The molecule has 3 aromatic rings. The fourth-order valence-corrected chi connectivity index (χ4v) is 3.47. The summed E-state index contributed by atoms with van der Waals surface area (Å²) in [5.74, 6) is 0.768. The smallest absolute Gasteiger partial charge is 0.248 e. The molecular formula is C20H18ClN5O2. The van der Waals surface area contributed by atoms with Crippen LogP contribution in [0.15, 0.2) is 66.1 Å². The number of aromatic nitrogens is 3. The predicted octanol–water partition coefficient (Wildman–Crippen LogP) is 3.28. The number of fused-ring (bicyclic) bond motifs is 1. The first kappa shape index (κ1) is 18.1. The van der Waals surface area contributed by atoms with Gasteiger partial charge in [-0.2, -0.15) is 10.1 Å². The fourth-order valence-electron chi connectivity index (χ4n) is 3.26. The molecule has 0 saturated heterocycles. The first-order valence-electron chi connectivity index (χ1n) is 8.67. The Morgan fingerprint density at radius 1 is 1.29 bits per heavy atom. The maximum Gasteiger partial charge on any atom is 0.248 e. The second kappa shape index (κ2) is 7.36. The monoisotopic (exact) mass is 395 g/mol. The van der Waals surface area contributed by atoms with Gasteiger partial charge in [-0.1, -0.05) is 35.9 Å². The van der Waals surface area contributed by atoms with Crippen LogP contribution in [0.1, 0.15) is 24.1 Å². The van der Waals surface area contributed by atoms with Crippen molar-refractivity contribution in [3.63, 3.8) is 0 Å². The van der Waals surface area contributed by atoms with Crippen molar-refractivity contribution < 1.29 is 9.53 Å². The molecule has 1 atom stereocenters. The summed E-state index contributed by atoms with van der Waals surface area (Å²) in [6, 6.07) is 14.6. The highest BCUT2D eigenvalue weighted by Crippen LogP contribution is 2.34. The number of anilines is 1. The van der Waals surface area contributed by atoms with Crippen LogP contribution in [0.3, 0.4) is 0 Å². The van der Waals surface area contributed by atoms with Crippen molar-refractivity contribution in [2.75, 3.05) is 5.32 Å². The van der Waals surface area contributed by atoms with Crippen LogP contribution in [-0.2, 0) is 11.4 Å². The van der Waals surface area contributed by atoms with E-state index < -0.39 is 11.9 Å². The van der Waals surface area contributed by atoms with E-state index >= 15 is 0 Å². The minimum Gasteiger partial charge on any atom is -0.489 e. The largest absolute Gasteiger partial charge is 0.489 e. The number of benzene rings is 2. The Morgan fingerprint density at radius 3 is 2.79 bits per heavy atom. The molecule has 28 heavy (non-hydrogen) atoms. The van der Waals surface area contributed by atoms with Gasteiger partial charge in [-0.25, -0.2) is 4.68 Å². The molecule has 0 fully saturated rings. The predicted molar refractivity (Wildman–Crippen MR) is 106 cm³/mol. The molecule has 1 aliphatic rings. The van der Waals surface area contributed by atoms with E-state index in [1.54, 1.807) is 11.6 Å². The molecule has 1 unspecified atom stereocenters. The van der Waals surface area contributed by atoms with Gasteiger partial charge in [0, 0.05) is 10.7 Å². The van der Waals surface area contributed by atoms with Gasteiger partial charge in [-0.15, -0.1) is 0 Å². The van der Waals surface area contributed by atoms with Crippen LogP contribution in [0.4, 0.5) is 5.95 Å². The van der Waals surface area contributed by atoms with Crippen LogP contribution in [0.25, 0.3) is 0 Å². The van der Waals surface area contributed by atoms with Crippen molar-refractivity contribution >= 4 is 23.5 Å². The lowest BCUT2D eigenvalue weighted by Crippen LogP contribution is -2.31. The number of allylic oxidation sites excluding steroid dienone is 1. The SMILES string of the molecule is CC1=C(C(N)=O)C(c2ccc(OCc3cccc(Cl)c3)cc2)n2ncnc2N1. The van der Waals surface area contributed by atoms with Crippen LogP contribution in [0.5, 0.6) is 5.75 Å². The molecule has 2 heterocycles. The number of primary amides is 1. The van der Waals surface area contributed by atoms with E-state index in [1.807, 2.05) is 48.5 Å². The van der Waals surface area contributed by atoms with Gasteiger partial charge >= 0.3 is 0 Å². The molecule has 7 nitrogen and oxygen atoms in total. The summed E-state index contributed by atoms with van der Waals surface area (Å²) in [4.78, 5) is 16.2. The molecule has 8 heteroatoms. The molecule has 142 valence electrons. The summed E-state index contributed by atoms with van der Waals surface area (Å²) < 4.78 is 7.48. The average Bonchev–Trinajstić information content (AvgIpc) is 3.13. The Kier molecular flexibility index (Phi) is 4.75. The highest BCUT2D eigenvalue weighted by molar-refractivity contribution is 6.30. The number of nitrogens with zero attached hydrogens (tertiary/aromatic N) is 3.